The largest absolute Gasteiger partial charge is 0.417 e. The van der Waals surface area contributed by atoms with Crippen LogP contribution in [0.2, 0.25) is 5.28 Å². The van der Waals surface area contributed by atoms with Gasteiger partial charge in [0.25, 0.3) is 11.8 Å². The maximum atomic E-state index is 16.2. The molecule has 0 bridgehead atoms. The number of pyridine rings is 1. The van der Waals surface area contributed by atoms with E-state index in [1.165, 1.54) is 0 Å². The molecule has 1 N–H and O–H groups in total. The van der Waals surface area contributed by atoms with E-state index < -0.39 is 5.82 Å². The van der Waals surface area contributed by atoms with Crippen LogP contribution in [-0.4, -0.2) is 27.4 Å². The standard InChI is InChI=1S/C27H30ClFN4O2/c1-5-14(3)19-18(20-15(4)27(9-10-27)13-32-23(20)34)8-7-17-12-30-25(22(29)21(17)19)35-24-16(6-2)11-31-26(28)33-24/h11-12,14H,5-10,13H2,1-4H3,(H,32,34). The highest BCUT2D eigenvalue weighted by atomic mass is 35.5. The molecule has 184 valence electrons. The Morgan fingerprint density at radius 3 is 2.66 bits per heavy atom. The molecule has 0 saturated heterocycles. The molecule has 3 aliphatic rings. The van der Waals surface area contributed by atoms with Gasteiger partial charge in [-0.1, -0.05) is 26.3 Å². The number of amides is 1. The third-order valence-electron chi connectivity index (χ3n) is 7.92. The molecular formula is C27H30ClFN4O2. The molecule has 1 fully saturated rings. The summed E-state index contributed by atoms with van der Waals surface area (Å²) < 4.78 is 22.1. The summed E-state index contributed by atoms with van der Waals surface area (Å²) in [6, 6.07) is 0. The molecule has 6 nitrogen and oxygen atoms in total. The molecule has 0 radical (unpaired) electrons. The SMILES string of the molecule is CCc1cnc(Cl)nc1Oc1ncc2c(c1F)C(C(C)CC)=C(C1=C(C)C3(CC3)CNC1=O)CC2. The second-order valence-electron chi connectivity index (χ2n) is 9.87. The smallest absolute Gasteiger partial charge is 0.258 e. The van der Waals surface area contributed by atoms with Crippen molar-refractivity contribution in [2.75, 3.05) is 6.54 Å². The zero-order chi connectivity index (χ0) is 24.9. The maximum absolute atomic E-state index is 16.2. The molecule has 5 rings (SSSR count). The van der Waals surface area contributed by atoms with Crippen LogP contribution in [0, 0.1) is 17.2 Å². The zero-order valence-electron chi connectivity index (χ0n) is 20.6. The Labute approximate surface area is 210 Å². The Morgan fingerprint density at radius 1 is 1.20 bits per heavy atom. The third kappa shape index (κ3) is 4.03. The van der Waals surface area contributed by atoms with Gasteiger partial charge in [-0.2, -0.15) is 4.98 Å². The van der Waals surface area contributed by atoms with Crippen LogP contribution in [0.15, 0.2) is 29.1 Å². The second-order valence-corrected chi connectivity index (χ2v) is 10.2. The minimum absolute atomic E-state index is 0.0257. The van der Waals surface area contributed by atoms with Crippen LogP contribution in [-0.2, 0) is 17.6 Å². The van der Waals surface area contributed by atoms with E-state index in [0.717, 1.165) is 47.1 Å². The van der Waals surface area contributed by atoms with Crippen molar-refractivity contribution in [3.05, 3.63) is 56.9 Å². The number of halogens is 2. The van der Waals surface area contributed by atoms with Crippen LogP contribution in [0.25, 0.3) is 5.57 Å². The highest BCUT2D eigenvalue weighted by molar-refractivity contribution is 6.28. The fourth-order valence-electron chi connectivity index (χ4n) is 5.38. The first-order valence-corrected chi connectivity index (χ1v) is 12.8. The molecule has 1 saturated carbocycles. The number of aromatic nitrogens is 3. The number of fused-ring (bicyclic) bond motifs is 1. The highest BCUT2D eigenvalue weighted by Gasteiger charge is 2.49. The van der Waals surface area contributed by atoms with Crippen LogP contribution in [0.3, 0.4) is 0 Å². The summed E-state index contributed by atoms with van der Waals surface area (Å²) in [5.41, 5.74) is 5.87. The molecule has 1 spiro atoms. The number of aryl methyl sites for hydroxylation is 2. The zero-order valence-corrected chi connectivity index (χ0v) is 21.4. The van der Waals surface area contributed by atoms with Gasteiger partial charge in [-0.05, 0) is 79.7 Å². The molecule has 1 atom stereocenters. The normalized spacial score (nSPS) is 19.5. The monoisotopic (exact) mass is 496 g/mol. The van der Waals surface area contributed by atoms with Crippen molar-refractivity contribution in [1.29, 1.82) is 0 Å². The number of rotatable bonds is 6. The number of ether oxygens (including phenoxy) is 1. The first kappa shape index (κ1) is 23.9. The molecule has 8 heteroatoms. The van der Waals surface area contributed by atoms with Crippen molar-refractivity contribution in [2.45, 2.75) is 66.2 Å². The first-order valence-electron chi connectivity index (χ1n) is 12.4. The van der Waals surface area contributed by atoms with Crippen molar-refractivity contribution in [2.24, 2.45) is 11.3 Å². The number of carbonyl (C=O) groups is 1. The topological polar surface area (TPSA) is 77.0 Å². The van der Waals surface area contributed by atoms with Gasteiger partial charge in [-0.15, -0.1) is 0 Å². The van der Waals surface area contributed by atoms with Gasteiger partial charge in [0.05, 0.1) is 0 Å². The fraction of sp³-hybridized carbons (Fsp3) is 0.481. The summed E-state index contributed by atoms with van der Waals surface area (Å²) in [5.74, 6) is -0.466. The van der Waals surface area contributed by atoms with Crippen LogP contribution < -0.4 is 10.1 Å². The van der Waals surface area contributed by atoms with Crippen LogP contribution in [0.4, 0.5) is 4.39 Å². The van der Waals surface area contributed by atoms with Gasteiger partial charge >= 0.3 is 0 Å². The van der Waals surface area contributed by atoms with Crippen LogP contribution in [0.5, 0.6) is 11.8 Å². The van der Waals surface area contributed by atoms with Gasteiger partial charge in [-0.3, -0.25) is 4.79 Å². The summed E-state index contributed by atoms with van der Waals surface area (Å²) in [7, 11) is 0. The molecule has 2 aromatic heterocycles. The van der Waals surface area contributed by atoms with Crippen molar-refractivity contribution >= 4 is 23.1 Å². The van der Waals surface area contributed by atoms with E-state index >= 15 is 4.39 Å². The van der Waals surface area contributed by atoms with Gasteiger partial charge in [-0.25, -0.2) is 14.4 Å². The summed E-state index contributed by atoms with van der Waals surface area (Å²) in [6.45, 7) is 8.89. The average Bonchev–Trinajstić information content (AvgIpc) is 3.64. The van der Waals surface area contributed by atoms with Crippen LogP contribution >= 0.6 is 11.6 Å². The predicted molar refractivity (Wildman–Crippen MR) is 133 cm³/mol. The van der Waals surface area contributed by atoms with Crippen molar-refractivity contribution in [1.82, 2.24) is 20.3 Å². The Balaban J connectivity index is 1.67. The van der Waals surface area contributed by atoms with Crippen LogP contribution in [0.1, 0.15) is 70.1 Å². The molecule has 1 aliphatic heterocycles. The number of carbonyl (C=O) groups excluding carboxylic acids is 1. The predicted octanol–water partition coefficient (Wildman–Crippen LogP) is 5.99. The number of hydrogen-bond donors (Lipinski definition) is 1. The van der Waals surface area contributed by atoms with Gasteiger partial charge in [0.15, 0.2) is 5.82 Å². The van der Waals surface area contributed by atoms with Gasteiger partial charge < -0.3 is 10.1 Å². The summed E-state index contributed by atoms with van der Waals surface area (Å²) in [6.07, 6.45) is 8.16. The maximum Gasteiger partial charge on any atom is 0.258 e. The molecule has 0 aromatic carbocycles. The Kier molecular flexibility index (Phi) is 6.16. The van der Waals surface area contributed by atoms with E-state index in [1.54, 1.807) is 12.4 Å². The Bertz CT molecular complexity index is 1280. The minimum atomic E-state index is -0.526. The molecule has 1 unspecified atom stereocenters. The van der Waals surface area contributed by atoms with E-state index in [2.05, 4.69) is 41.0 Å². The lowest BCUT2D eigenvalue weighted by Crippen LogP contribution is -2.39. The third-order valence-corrected chi connectivity index (χ3v) is 8.10. The quantitative estimate of drug-likeness (QED) is 0.497. The van der Waals surface area contributed by atoms with Crippen molar-refractivity contribution in [3.8, 4) is 11.8 Å². The first-order chi connectivity index (χ1) is 16.8. The van der Waals surface area contributed by atoms with Gasteiger partial charge in [0, 0.05) is 41.1 Å². The minimum Gasteiger partial charge on any atom is -0.417 e. The second kappa shape index (κ2) is 9.01. The molecule has 35 heavy (non-hydrogen) atoms. The fourth-order valence-corrected chi connectivity index (χ4v) is 5.50. The number of allylic oxidation sites excluding steroid dienone is 1. The summed E-state index contributed by atoms with van der Waals surface area (Å²) in [5, 5.41) is 3.13. The number of hydrogen-bond acceptors (Lipinski definition) is 5. The molecular weight excluding hydrogens is 467 g/mol. The van der Waals surface area contributed by atoms with E-state index in [-0.39, 0.29) is 34.3 Å². The molecule has 3 heterocycles. The lowest BCUT2D eigenvalue weighted by molar-refractivity contribution is -0.118. The van der Waals surface area contributed by atoms with E-state index in [1.807, 2.05) is 6.92 Å². The molecule has 1 amide bonds. The van der Waals surface area contributed by atoms with E-state index in [4.69, 9.17) is 16.3 Å². The lowest BCUT2D eigenvalue weighted by Gasteiger charge is -2.33. The average molecular weight is 497 g/mol. The molecule has 2 aliphatic carbocycles. The van der Waals surface area contributed by atoms with Gasteiger partial charge in [0.1, 0.15) is 0 Å². The van der Waals surface area contributed by atoms with E-state index in [9.17, 15) is 4.79 Å². The Hall–Kier alpha value is -2.80. The van der Waals surface area contributed by atoms with Crippen molar-refractivity contribution in [3.63, 3.8) is 0 Å². The summed E-state index contributed by atoms with van der Waals surface area (Å²) in [4.78, 5) is 25.6. The summed E-state index contributed by atoms with van der Waals surface area (Å²) >= 11 is 5.97. The Morgan fingerprint density at radius 2 is 1.97 bits per heavy atom. The van der Waals surface area contributed by atoms with Gasteiger partial charge in [0.2, 0.25) is 11.2 Å². The van der Waals surface area contributed by atoms with E-state index in [0.29, 0.717) is 36.9 Å². The number of nitrogens with one attached hydrogen (secondary N) is 1. The lowest BCUT2D eigenvalue weighted by atomic mass is 9.74. The molecule has 2 aromatic rings. The van der Waals surface area contributed by atoms with Crippen molar-refractivity contribution < 1.29 is 13.9 Å². The number of nitrogens with zero attached hydrogens (tertiary/aromatic N) is 3. The highest BCUT2D eigenvalue weighted by Crippen LogP contribution is 2.55.